The predicted molar refractivity (Wildman–Crippen MR) is 144 cm³/mol. The normalized spacial score (nSPS) is 17.1. The summed E-state index contributed by atoms with van der Waals surface area (Å²) in [6.45, 7) is 7.83. The van der Waals surface area contributed by atoms with E-state index in [2.05, 4.69) is 31.9 Å². The molecule has 5 heterocycles. The van der Waals surface area contributed by atoms with Gasteiger partial charge in [0, 0.05) is 42.0 Å². The number of carbonyl (C=O) groups excluding carboxylic acids is 1. The first-order valence-electron chi connectivity index (χ1n) is 12.5. The van der Waals surface area contributed by atoms with Gasteiger partial charge in [-0.2, -0.15) is 5.10 Å². The van der Waals surface area contributed by atoms with E-state index in [9.17, 15) is 4.79 Å². The van der Waals surface area contributed by atoms with E-state index in [1.807, 2.05) is 19.1 Å². The molecule has 0 radical (unpaired) electrons. The van der Waals surface area contributed by atoms with Crippen molar-refractivity contribution < 1.29 is 13.9 Å². The van der Waals surface area contributed by atoms with Crippen LogP contribution >= 0.6 is 0 Å². The summed E-state index contributed by atoms with van der Waals surface area (Å²) >= 11 is 0. The highest BCUT2D eigenvalue weighted by Crippen LogP contribution is 2.35. The minimum absolute atomic E-state index is 0.0637. The summed E-state index contributed by atoms with van der Waals surface area (Å²) in [5.74, 6) is 0.788. The van der Waals surface area contributed by atoms with Crippen molar-refractivity contribution >= 4 is 34.1 Å². The molecule has 1 N–H and O–H groups in total. The molecular weight excluding hydrogens is 499 g/mol. The smallest absolute Gasteiger partial charge is 0.246 e. The lowest BCUT2D eigenvalue weighted by Gasteiger charge is -2.19. The number of likely N-dealkylation sites (tertiary alicyclic amines) is 1. The van der Waals surface area contributed by atoms with Crippen LogP contribution in [0, 0.1) is 12.7 Å². The molecule has 0 aliphatic carbocycles. The number of amides is 1. The Balaban J connectivity index is 1.27. The number of hydrogen-bond donors (Lipinski definition) is 1. The number of aromatic nitrogens is 6. The minimum atomic E-state index is -0.470. The van der Waals surface area contributed by atoms with Crippen LogP contribution in [0.1, 0.15) is 30.5 Å². The molecule has 11 heteroatoms. The van der Waals surface area contributed by atoms with Crippen LogP contribution in [0.5, 0.6) is 11.5 Å². The molecule has 1 aliphatic rings. The Morgan fingerprint density at radius 3 is 2.90 bits per heavy atom. The zero-order valence-corrected chi connectivity index (χ0v) is 21.4. The zero-order chi connectivity index (χ0) is 27.1. The van der Waals surface area contributed by atoms with Gasteiger partial charge in [-0.1, -0.05) is 6.58 Å². The van der Waals surface area contributed by atoms with Crippen molar-refractivity contribution in [2.24, 2.45) is 0 Å². The number of benzene rings is 1. The Kier molecular flexibility index (Phi) is 6.10. The summed E-state index contributed by atoms with van der Waals surface area (Å²) in [5.41, 5.74) is 3.17. The molecule has 1 aliphatic heterocycles. The average molecular weight is 525 g/mol. The summed E-state index contributed by atoms with van der Waals surface area (Å²) in [7, 11) is 0. The second kappa shape index (κ2) is 9.75. The van der Waals surface area contributed by atoms with Crippen LogP contribution in [0.3, 0.4) is 0 Å². The van der Waals surface area contributed by atoms with E-state index < -0.39 is 5.82 Å². The van der Waals surface area contributed by atoms with E-state index >= 15 is 4.39 Å². The van der Waals surface area contributed by atoms with Gasteiger partial charge in [-0.25, -0.2) is 28.8 Å². The van der Waals surface area contributed by atoms with E-state index in [-0.39, 0.29) is 23.6 Å². The average Bonchev–Trinajstić information content (AvgIpc) is 3.58. The van der Waals surface area contributed by atoms with Crippen molar-refractivity contribution in [3.63, 3.8) is 0 Å². The third-order valence-corrected chi connectivity index (χ3v) is 7.02. The molecule has 1 saturated heterocycles. The van der Waals surface area contributed by atoms with Gasteiger partial charge >= 0.3 is 0 Å². The van der Waals surface area contributed by atoms with E-state index in [4.69, 9.17) is 9.72 Å². The first-order valence-corrected chi connectivity index (χ1v) is 12.5. The van der Waals surface area contributed by atoms with Gasteiger partial charge in [-0.15, -0.1) is 0 Å². The van der Waals surface area contributed by atoms with Gasteiger partial charge in [-0.05, 0) is 56.7 Å². The second-order valence-electron chi connectivity index (χ2n) is 9.51. The quantitative estimate of drug-likeness (QED) is 0.311. The van der Waals surface area contributed by atoms with Crippen LogP contribution in [-0.2, 0) is 4.79 Å². The van der Waals surface area contributed by atoms with Crippen molar-refractivity contribution in [2.75, 3.05) is 11.9 Å². The number of ether oxygens (including phenoxy) is 1. The molecule has 1 aromatic carbocycles. The van der Waals surface area contributed by atoms with Gasteiger partial charge < -0.3 is 15.0 Å². The topological polar surface area (TPSA) is 110 Å². The van der Waals surface area contributed by atoms with Crippen molar-refractivity contribution in [1.29, 1.82) is 0 Å². The van der Waals surface area contributed by atoms with Crippen molar-refractivity contribution in [2.45, 2.75) is 32.2 Å². The molecule has 0 spiro atoms. The van der Waals surface area contributed by atoms with E-state index in [1.54, 1.807) is 46.8 Å². The molecular formula is C28H25FN8O2. The number of nitrogens with one attached hydrogen (secondary N) is 1. The Bertz CT molecular complexity index is 1740. The lowest BCUT2D eigenvalue weighted by atomic mass is 10.0. The molecule has 0 bridgehead atoms. The van der Waals surface area contributed by atoms with Crippen LogP contribution in [0.15, 0.2) is 67.9 Å². The maximum atomic E-state index is 15.5. The van der Waals surface area contributed by atoms with Crippen LogP contribution in [0.25, 0.3) is 16.7 Å². The molecule has 0 unspecified atom stereocenters. The maximum absolute atomic E-state index is 15.5. The van der Waals surface area contributed by atoms with Crippen LogP contribution in [0.2, 0.25) is 0 Å². The Morgan fingerprint density at radius 2 is 2.05 bits per heavy atom. The van der Waals surface area contributed by atoms with Crippen LogP contribution in [-0.4, -0.2) is 52.9 Å². The van der Waals surface area contributed by atoms with Crippen molar-refractivity contribution in [3.05, 3.63) is 85.0 Å². The number of hydrogen-bond acceptors (Lipinski definition) is 8. The number of rotatable bonds is 6. The summed E-state index contributed by atoms with van der Waals surface area (Å²) in [4.78, 5) is 31.7. The zero-order valence-electron chi connectivity index (χ0n) is 21.4. The van der Waals surface area contributed by atoms with Gasteiger partial charge in [0.1, 0.15) is 29.7 Å². The van der Waals surface area contributed by atoms with Crippen molar-refractivity contribution in [3.8, 4) is 11.5 Å². The highest BCUT2D eigenvalue weighted by molar-refractivity contribution is 5.88. The summed E-state index contributed by atoms with van der Waals surface area (Å²) in [6.07, 6.45) is 6.71. The fourth-order valence-electron chi connectivity index (χ4n) is 4.93. The third kappa shape index (κ3) is 4.52. The molecule has 5 aromatic rings. The lowest BCUT2D eigenvalue weighted by Crippen LogP contribution is -2.32. The van der Waals surface area contributed by atoms with Crippen molar-refractivity contribution in [1.82, 2.24) is 34.4 Å². The maximum Gasteiger partial charge on any atom is 0.246 e. The Morgan fingerprint density at radius 1 is 1.18 bits per heavy atom. The van der Waals surface area contributed by atoms with E-state index in [0.717, 1.165) is 12.1 Å². The van der Waals surface area contributed by atoms with Gasteiger partial charge in [0.2, 0.25) is 5.91 Å². The Hall–Kier alpha value is -4.93. The van der Waals surface area contributed by atoms with Gasteiger partial charge in [-0.3, -0.25) is 4.79 Å². The molecule has 6 rings (SSSR count). The second-order valence-corrected chi connectivity index (χ2v) is 9.51. The third-order valence-electron chi connectivity index (χ3n) is 7.02. The summed E-state index contributed by atoms with van der Waals surface area (Å²) in [5, 5.41) is 7.15. The number of halogens is 1. The van der Waals surface area contributed by atoms with E-state index in [0.29, 0.717) is 46.1 Å². The molecule has 4 aromatic heterocycles. The number of anilines is 2. The molecule has 196 valence electrons. The van der Waals surface area contributed by atoms with Gasteiger partial charge in [0.05, 0.1) is 11.2 Å². The number of fused-ring (bicyclic) bond motifs is 2. The molecule has 2 atom stereocenters. The molecule has 1 fully saturated rings. The van der Waals surface area contributed by atoms with Gasteiger partial charge in [0.15, 0.2) is 17.3 Å². The van der Waals surface area contributed by atoms with E-state index in [1.165, 1.54) is 18.7 Å². The molecule has 39 heavy (non-hydrogen) atoms. The minimum Gasteiger partial charge on any atom is -0.457 e. The van der Waals surface area contributed by atoms with Crippen LogP contribution in [0.4, 0.5) is 15.9 Å². The number of pyridine rings is 2. The fourth-order valence-corrected chi connectivity index (χ4v) is 4.93. The molecule has 0 saturated carbocycles. The SMILES string of the molecule is C=CC(=O)N1C[C@H](c2ccc3ncnc(Nc4ccc(Oc5ccn6ncnc6c5)c(C)c4F)c3n2)C[C@H]1C. The number of carbonyl (C=O) groups is 1. The van der Waals surface area contributed by atoms with Gasteiger partial charge in [0.25, 0.3) is 0 Å². The fraction of sp³-hybridized carbons (Fsp3) is 0.214. The predicted octanol–water partition coefficient (Wildman–Crippen LogP) is 4.94. The summed E-state index contributed by atoms with van der Waals surface area (Å²) < 4.78 is 23.0. The Labute approximate surface area is 223 Å². The molecule has 10 nitrogen and oxygen atoms in total. The monoisotopic (exact) mass is 524 g/mol. The standard InChI is InChI=1S/C28H25FN8O2/c1-4-25(38)36-13-18(11-16(36)2)20-5-6-22-27(34-20)28(32-14-30-22)35-21-7-8-23(17(3)26(21)29)39-19-9-10-37-24(12-19)31-15-33-37/h4-10,12,14-16,18H,1,11,13H2,2-3H3,(H,30,32,35)/t16-,18-/m1/s1. The molecule has 1 amide bonds. The first-order chi connectivity index (χ1) is 18.9. The highest BCUT2D eigenvalue weighted by atomic mass is 19.1. The first kappa shape index (κ1) is 24.4. The lowest BCUT2D eigenvalue weighted by molar-refractivity contribution is -0.126. The number of nitrogens with zero attached hydrogens (tertiary/aromatic N) is 7. The highest BCUT2D eigenvalue weighted by Gasteiger charge is 2.33. The van der Waals surface area contributed by atoms with Crippen LogP contribution < -0.4 is 10.1 Å². The largest absolute Gasteiger partial charge is 0.457 e. The summed E-state index contributed by atoms with van der Waals surface area (Å²) in [6, 6.07) is 10.6.